The van der Waals surface area contributed by atoms with Gasteiger partial charge >= 0.3 is 0 Å². The van der Waals surface area contributed by atoms with E-state index in [1.807, 2.05) is 6.07 Å². The number of ether oxygens (including phenoxy) is 1. The van der Waals surface area contributed by atoms with Crippen LogP contribution in [0.1, 0.15) is 11.3 Å². The molecule has 0 aliphatic heterocycles. The van der Waals surface area contributed by atoms with Crippen molar-refractivity contribution in [1.82, 2.24) is 4.98 Å². The molecule has 4 nitrogen and oxygen atoms in total. The molecule has 0 spiro atoms. The highest BCUT2D eigenvalue weighted by molar-refractivity contribution is 5.70. The standard InChI is InChI=1S/C16H12N2O2/c1-3-8-20-13-6-4-12(5-7-13)14-9-11(2)18-16(19)15(14)10-17/h1,4-7,9H,8H2,2H3,(H,18,19). The lowest BCUT2D eigenvalue weighted by atomic mass is 10.0. The van der Waals surface area contributed by atoms with Crippen LogP contribution in [-0.4, -0.2) is 11.6 Å². The monoisotopic (exact) mass is 264 g/mol. The van der Waals surface area contributed by atoms with E-state index >= 15 is 0 Å². The van der Waals surface area contributed by atoms with Crippen LogP contribution in [0.2, 0.25) is 0 Å². The van der Waals surface area contributed by atoms with Crippen molar-refractivity contribution in [1.29, 1.82) is 5.26 Å². The van der Waals surface area contributed by atoms with E-state index in [0.29, 0.717) is 17.0 Å². The first-order valence-electron chi connectivity index (χ1n) is 5.96. The average Bonchev–Trinajstić information content (AvgIpc) is 2.45. The second-order valence-corrected chi connectivity index (χ2v) is 4.20. The third kappa shape index (κ3) is 2.71. The molecule has 1 aromatic heterocycles. The van der Waals surface area contributed by atoms with Gasteiger partial charge in [-0.3, -0.25) is 4.79 Å². The summed E-state index contributed by atoms with van der Waals surface area (Å²) < 4.78 is 5.28. The molecule has 0 fully saturated rings. The van der Waals surface area contributed by atoms with E-state index in [2.05, 4.69) is 10.9 Å². The number of rotatable bonds is 3. The first-order valence-corrected chi connectivity index (χ1v) is 5.96. The highest BCUT2D eigenvalue weighted by Crippen LogP contribution is 2.24. The van der Waals surface area contributed by atoms with Gasteiger partial charge in [-0.25, -0.2) is 0 Å². The molecule has 0 radical (unpaired) electrons. The van der Waals surface area contributed by atoms with E-state index in [-0.39, 0.29) is 17.7 Å². The van der Waals surface area contributed by atoms with Gasteiger partial charge in [-0.05, 0) is 30.7 Å². The number of benzene rings is 1. The molecule has 0 saturated heterocycles. The van der Waals surface area contributed by atoms with Crippen molar-refractivity contribution >= 4 is 0 Å². The normalized spacial score (nSPS) is 9.55. The molecule has 1 heterocycles. The summed E-state index contributed by atoms with van der Waals surface area (Å²) in [4.78, 5) is 14.4. The molecule has 2 aromatic rings. The Labute approximate surface area is 116 Å². The predicted octanol–water partition coefficient (Wildman–Crippen LogP) is 2.23. The van der Waals surface area contributed by atoms with Crippen LogP contribution < -0.4 is 10.3 Å². The number of terminal acetylenes is 1. The SMILES string of the molecule is C#CCOc1ccc(-c2cc(C)[nH]c(=O)c2C#N)cc1. The maximum absolute atomic E-state index is 11.7. The minimum atomic E-state index is -0.379. The molecule has 0 amide bonds. The number of H-pyrrole nitrogens is 1. The molecule has 0 bridgehead atoms. The summed E-state index contributed by atoms with van der Waals surface area (Å²) in [5, 5.41) is 9.11. The molecule has 4 heteroatoms. The highest BCUT2D eigenvalue weighted by atomic mass is 16.5. The van der Waals surface area contributed by atoms with E-state index in [1.54, 1.807) is 37.3 Å². The molecule has 0 unspecified atom stereocenters. The van der Waals surface area contributed by atoms with Gasteiger partial charge in [0, 0.05) is 11.3 Å². The van der Waals surface area contributed by atoms with Crippen LogP contribution in [-0.2, 0) is 0 Å². The third-order valence-corrected chi connectivity index (χ3v) is 2.77. The summed E-state index contributed by atoms with van der Waals surface area (Å²) in [6, 6.07) is 10.8. The Kier molecular flexibility index (Phi) is 3.88. The minimum Gasteiger partial charge on any atom is -0.481 e. The zero-order valence-electron chi connectivity index (χ0n) is 10.9. The molecule has 1 aromatic carbocycles. The van der Waals surface area contributed by atoms with E-state index in [9.17, 15) is 4.79 Å². The number of hydrogen-bond donors (Lipinski definition) is 1. The fourth-order valence-corrected chi connectivity index (χ4v) is 1.88. The summed E-state index contributed by atoms with van der Waals surface area (Å²) in [6.07, 6.45) is 5.12. The highest BCUT2D eigenvalue weighted by Gasteiger charge is 2.10. The van der Waals surface area contributed by atoms with Crippen molar-refractivity contribution in [3.05, 3.63) is 51.9 Å². The van der Waals surface area contributed by atoms with Gasteiger partial charge in [-0.15, -0.1) is 6.42 Å². The number of nitriles is 1. The lowest BCUT2D eigenvalue weighted by Crippen LogP contribution is -2.12. The Hall–Kier alpha value is -2.98. The van der Waals surface area contributed by atoms with Crippen molar-refractivity contribution in [3.63, 3.8) is 0 Å². The van der Waals surface area contributed by atoms with Crippen molar-refractivity contribution in [2.24, 2.45) is 0 Å². The van der Waals surface area contributed by atoms with Crippen molar-refractivity contribution < 1.29 is 4.74 Å². The van der Waals surface area contributed by atoms with Crippen LogP contribution in [0, 0.1) is 30.6 Å². The number of nitrogens with one attached hydrogen (secondary N) is 1. The minimum absolute atomic E-state index is 0.105. The van der Waals surface area contributed by atoms with Gasteiger partial charge in [-0.1, -0.05) is 18.1 Å². The van der Waals surface area contributed by atoms with Crippen LogP contribution >= 0.6 is 0 Å². The van der Waals surface area contributed by atoms with Crippen LogP contribution in [0.25, 0.3) is 11.1 Å². The zero-order chi connectivity index (χ0) is 14.5. The number of aromatic amines is 1. The number of aromatic nitrogens is 1. The Morgan fingerprint density at radius 1 is 1.35 bits per heavy atom. The fraction of sp³-hybridized carbons (Fsp3) is 0.125. The first kappa shape index (κ1) is 13.5. The topological polar surface area (TPSA) is 65.9 Å². The molecule has 98 valence electrons. The van der Waals surface area contributed by atoms with Crippen LogP contribution in [0.4, 0.5) is 0 Å². The van der Waals surface area contributed by atoms with Crippen LogP contribution in [0.5, 0.6) is 5.75 Å². The van der Waals surface area contributed by atoms with Crippen molar-refractivity contribution in [2.45, 2.75) is 6.92 Å². The Morgan fingerprint density at radius 3 is 2.65 bits per heavy atom. The molecule has 0 aliphatic carbocycles. The second kappa shape index (κ2) is 5.77. The lowest BCUT2D eigenvalue weighted by molar-refractivity contribution is 0.370. The van der Waals surface area contributed by atoms with E-state index < -0.39 is 0 Å². The van der Waals surface area contributed by atoms with E-state index in [4.69, 9.17) is 16.4 Å². The quantitative estimate of drug-likeness (QED) is 0.864. The van der Waals surface area contributed by atoms with Gasteiger partial charge in [0.2, 0.25) is 0 Å². The molecule has 0 atom stereocenters. The zero-order valence-corrected chi connectivity index (χ0v) is 10.9. The van der Waals surface area contributed by atoms with E-state index in [1.165, 1.54) is 0 Å². The van der Waals surface area contributed by atoms with Crippen molar-refractivity contribution in [2.75, 3.05) is 6.61 Å². The van der Waals surface area contributed by atoms with Gasteiger partial charge in [0.15, 0.2) is 0 Å². The first-order chi connectivity index (χ1) is 9.65. The number of hydrogen-bond acceptors (Lipinski definition) is 3. The number of pyridine rings is 1. The fourth-order valence-electron chi connectivity index (χ4n) is 1.88. The van der Waals surface area contributed by atoms with Gasteiger partial charge in [0.05, 0.1) is 0 Å². The Bertz CT molecular complexity index is 759. The number of nitrogens with zero attached hydrogens (tertiary/aromatic N) is 1. The van der Waals surface area contributed by atoms with Crippen molar-refractivity contribution in [3.8, 4) is 35.3 Å². The molecular formula is C16H12N2O2. The van der Waals surface area contributed by atoms with Gasteiger partial charge in [-0.2, -0.15) is 5.26 Å². The second-order valence-electron chi connectivity index (χ2n) is 4.20. The van der Waals surface area contributed by atoms with Crippen LogP contribution in [0.3, 0.4) is 0 Å². The summed E-state index contributed by atoms with van der Waals surface area (Å²) >= 11 is 0. The molecular weight excluding hydrogens is 252 g/mol. The summed E-state index contributed by atoms with van der Waals surface area (Å²) in [5.74, 6) is 3.03. The molecule has 0 saturated carbocycles. The smallest absolute Gasteiger partial charge is 0.266 e. The van der Waals surface area contributed by atoms with Crippen LogP contribution in [0.15, 0.2) is 35.1 Å². The number of aryl methyl sites for hydroxylation is 1. The Morgan fingerprint density at radius 2 is 2.05 bits per heavy atom. The lowest BCUT2D eigenvalue weighted by Gasteiger charge is -2.07. The van der Waals surface area contributed by atoms with Gasteiger partial charge < -0.3 is 9.72 Å². The molecule has 0 aliphatic rings. The molecule has 1 N–H and O–H groups in total. The average molecular weight is 264 g/mol. The summed E-state index contributed by atoms with van der Waals surface area (Å²) in [7, 11) is 0. The predicted molar refractivity (Wildman–Crippen MR) is 76.3 cm³/mol. The van der Waals surface area contributed by atoms with Gasteiger partial charge in [0.1, 0.15) is 24.0 Å². The summed E-state index contributed by atoms with van der Waals surface area (Å²) in [5.41, 5.74) is 1.82. The van der Waals surface area contributed by atoms with E-state index in [0.717, 1.165) is 5.56 Å². The molecule has 20 heavy (non-hydrogen) atoms. The summed E-state index contributed by atoms with van der Waals surface area (Å²) in [6.45, 7) is 1.98. The molecule has 2 rings (SSSR count). The third-order valence-electron chi connectivity index (χ3n) is 2.77. The Balaban J connectivity index is 2.45. The largest absolute Gasteiger partial charge is 0.481 e. The van der Waals surface area contributed by atoms with Gasteiger partial charge in [0.25, 0.3) is 5.56 Å². The maximum Gasteiger partial charge on any atom is 0.266 e. The maximum atomic E-state index is 11.7.